The fraction of sp³-hybridized carbons (Fsp3) is 0.214. The molecule has 0 aliphatic rings. The van der Waals surface area contributed by atoms with Crippen LogP contribution in [0.25, 0.3) is 0 Å². The first-order valence-electron chi connectivity index (χ1n) is 5.83. The Balaban J connectivity index is 2.12. The number of halogens is 2. The minimum absolute atomic E-state index is 0.0854. The van der Waals surface area contributed by atoms with Crippen LogP contribution in [0, 0.1) is 12.7 Å². The van der Waals surface area contributed by atoms with E-state index >= 15 is 0 Å². The number of hydrogen-bond donors (Lipinski definition) is 1. The molecule has 0 saturated carbocycles. The Morgan fingerprint density at radius 2 is 2.11 bits per heavy atom. The summed E-state index contributed by atoms with van der Waals surface area (Å²) < 4.78 is 18.7. The lowest BCUT2D eigenvalue weighted by Gasteiger charge is -2.10. The van der Waals surface area contributed by atoms with Gasteiger partial charge >= 0.3 is 0 Å². The second kappa shape index (κ2) is 5.99. The van der Waals surface area contributed by atoms with Crippen LogP contribution in [0.5, 0.6) is 5.75 Å². The second-order valence-corrected chi connectivity index (χ2v) is 4.55. The highest BCUT2D eigenvalue weighted by molar-refractivity contribution is 6.30. The lowest BCUT2D eigenvalue weighted by atomic mass is 10.2. The number of aryl methyl sites for hydroxylation is 1. The van der Waals surface area contributed by atoms with Crippen molar-refractivity contribution in [2.75, 3.05) is 0 Å². The summed E-state index contributed by atoms with van der Waals surface area (Å²) in [6, 6.07) is 8.17. The number of aromatic nitrogens is 1. The van der Waals surface area contributed by atoms with Gasteiger partial charge in [0.15, 0.2) is 0 Å². The minimum Gasteiger partial charge on any atom is -0.487 e. The molecule has 0 radical (unpaired) electrons. The molecule has 0 aliphatic carbocycles. The van der Waals surface area contributed by atoms with Crippen LogP contribution in [-0.4, -0.2) is 4.98 Å². The third-order valence-corrected chi connectivity index (χ3v) is 2.93. The van der Waals surface area contributed by atoms with Crippen LogP contribution in [0.1, 0.15) is 17.0 Å². The number of nitrogens with two attached hydrogens (primary N) is 1. The minimum atomic E-state index is -0.440. The predicted molar refractivity (Wildman–Crippen MR) is 72.6 cm³/mol. The maximum Gasteiger partial charge on any atom is 0.142 e. The van der Waals surface area contributed by atoms with Gasteiger partial charge in [0.1, 0.15) is 18.2 Å². The molecule has 0 aliphatic heterocycles. The Labute approximate surface area is 116 Å². The number of rotatable bonds is 4. The molecular weight excluding hydrogens is 267 g/mol. The van der Waals surface area contributed by atoms with E-state index in [-0.39, 0.29) is 11.6 Å². The van der Waals surface area contributed by atoms with Crippen molar-refractivity contribution in [1.29, 1.82) is 0 Å². The molecule has 0 bridgehead atoms. The third kappa shape index (κ3) is 3.43. The van der Waals surface area contributed by atoms with E-state index < -0.39 is 5.82 Å². The molecule has 1 aromatic heterocycles. The van der Waals surface area contributed by atoms with Gasteiger partial charge in [0.05, 0.1) is 10.7 Å². The van der Waals surface area contributed by atoms with E-state index in [0.717, 1.165) is 11.3 Å². The Bertz CT molecular complexity index is 590. The number of nitrogens with zero attached hydrogens (tertiary/aromatic N) is 1. The normalized spacial score (nSPS) is 10.5. The van der Waals surface area contributed by atoms with E-state index in [2.05, 4.69) is 4.98 Å². The number of benzene rings is 1. The quantitative estimate of drug-likeness (QED) is 0.935. The first kappa shape index (κ1) is 13.8. The van der Waals surface area contributed by atoms with Gasteiger partial charge in [0.25, 0.3) is 0 Å². The number of pyridine rings is 1. The molecule has 19 heavy (non-hydrogen) atoms. The molecule has 0 atom stereocenters. The average Bonchev–Trinajstić information content (AvgIpc) is 2.41. The van der Waals surface area contributed by atoms with Crippen molar-refractivity contribution in [3.63, 3.8) is 0 Å². The average molecular weight is 281 g/mol. The van der Waals surface area contributed by atoms with Crippen LogP contribution in [0.4, 0.5) is 4.39 Å². The van der Waals surface area contributed by atoms with E-state index in [0.29, 0.717) is 18.0 Å². The van der Waals surface area contributed by atoms with Crippen LogP contribution in [0.15, 0.2) is 30.3 Å². The second-order valence-electron chi connectivity index (χ2n) is 4.14. The van der Waals surface area contributed by atoms with Crippen molar-refractivity contribution in [2.24, 2.45) is 5.73 Å². The lowest BCUT2D eigenvalue weighted by molar-refractivity contribution is 0.301. The fourth-order valence-corrected chi connectivity index (χ4v) is 1.87. The van der Waals surface area contributed by atoms with Gasteiger partial charge in [-0.2, -0.15) is 0 Å². The van der Waals surface area contributed by atoms with Crippen LogP contribution in [0.2, 0.25) is 5.02 Å². The summed E-state index contributed by atoms with van der Waals surface area (Å²) in [5, 5.41) is 0.0854. The fourth-order valence-electron chi connectivity index (χ4n) is 1.67. The first-order valence-corrected chi connectivity index (χ1v) is 6.21. The molecule has 2 N–H and O–H groups in total. The Morgan fingerprint density at radius 1 is 1.32 bits per heavy atom. The van der Waals surface area contributed by atoms with Gasteiger partial charge in [-0.3, -0.25) is 4.98 Å². The van der Waals surface area contributed by atoms with Crippen molar-refractivity contribution in [2.45, 2.75) is 20.1 Å². The molecule has 2 aromatic rings. The summed E-state index contributed by atoms with van der Waals surface area (Å²) >= 11 is 5.71. The summed E-state index contributed by atoms with van der Waals surface area (Å²) in [5.74, 6) is 0.193. The third-order valence-electron chi connectivity index (χ3n) is 2.64. The van der Waals surface area contributed by atoms with Crippen molar-refractivity contribution in [3.05, 3.63) is 58.1 Å². The summed E-state index contributed by atoms with van der Waals surface area (Å²) in [6.07, 6.45) is 0. The van der Waals surface area contributed by atoms with Gasteiger partial charge in [-0.05, 0) is 36.8 Å². The Kier molecular flexibility index (Phi) is 4.35. The van der Waals surface area contributed by atoms with E-state index in [1.165, 1.54) is 6.07 Å². The molecule has 0 amide bonds. The topological polar surface area (TPSA) is 48.1 Å². The number of hydrogen-bond acceptors (Lipinski definition) is 3. The van der Waals surface area contributed by atoms with Gasteiger partial charge in [-0.15, -0.1) is 0 Å². The summed E-state index contributed by atoms with van der Waals surface area (Å²) in [5.41, 5.74) is 7.99. The van der Waals surface area contributed by atoms with Crippen molar-refractivity contribution in [3.8, 4) is 5.75 Å². The zero-order valence-electron chi connectivity index (χ0n) is 10.5. The highest BCUT2D eigenvalue weighted by Gasteiger charge is 2.06. The largest absolute Gasteiger partial charge is 0.487 e. The van der Waals surface area contributed by atoms with E-state index in [1.807, 2.05) is 19.1 Å². The zero-order chi connectivity index (χ0) is 13.8. The molecule has 3 nitrogen and oxygen atoms in total. The maximum atomic E-state index is 13.0. The first-order chi connectivity index (χ1) is 9.10. The van der Waals surface area contributed by atoms with Crippen LogP contribution in [-0.2, 0) is 13.2 Å². The molecule has 0 spiro atoms. The molecule has 0 unspecified atom stereocenters. The molecule has 100 valence electrons. The number of ether oxygens (including phenoxy) is 1. The summed E-state index contributed by atoms with van der Waals surface area (Å²) in [7, 11) is 0. The Hall–Kier alpha value is -1.65. The van der Waals surface area contributed by atoms with Gasteiger partial charge in [-0.25, -0.2) is 4.39 Å². The summed E-state index contributed by atoms with van der Waals surface area (Å²) in [6.45, 7) is 2.49. The molecule has 1 heterocycles. The molecule has 2 rings (SSSR count). The van der Waals surface area contributed by atoms with Crippen molar-refractivity contribution < 1.29 is 9.13 Å². The van der Waals surface area contributed by atoms with Gasteiger partial charge in [0.2, 0.25) is 0 Å². The Morgan fingerprint density at radius 3 is 2.79 bits per heavy atom. The molecule has 1 aromatic carbocycles. The van der Waals surface area contributed by atoms with E-state index in [1.54, 1.807) is 12.1 Å². The molecule has 0 fully saturated rings. The van der Waals surface area contributed by atoms with Crippen LogP contribution < -0.4 is 10.5 Å². The summed E-state index contributed by atoms with van der Waals surface area (Å²) in [4.78, 5) is 4.30. The van der Waals surface area contributed by atoms with Gasteiger partial charge in [0, 0.05) is 12.2 Å². The molecular formula is C14H14ClFN2O. The highest BCUT2D eigenvalue weighted by Crippen LogP contribution is 2.20. The van der Waals surface area contributed by atoms with Gasteiger partial charge < -0.3 is 10.5 Å². The van der Waals surface area contributed by atoms with Crippen LogP contribution >= 0.6 is 11.6 Å². The molecule has 5 heteroatoms. The van der Waals surface area contributed by atoms with E-state index in [9.17, 15) is 4.39 Å². The SMILES string of the molecule is Cc1ccc(OCc2ccc(F)c(Cl)c2)c(CN)n1. The predicted octanol–water partition coefficient (Wildman–Crippen LogP) is 3.22. The molecule has 0 saturated heterocycles. The van der Waals surface area contributed by atoms with Crippen molar-refractivity contribution >= 4 is 11.6 Å². The van der Waals surface area contributed by atoms with Gasteiger partial charge in [-0.1, -0.05) is 17.7 Å². The standard InChI is InChI=1S/C14H14ClFN2O/c1-9-2-5-14(13(7-17)18-9)19-8-10-3-4-12(16)11(15)6-10/h2-6H,7-8,17H2,1H3. The van der Waals surface area contributed by atoms with E-state index in [4.69, 9.17) is 22.1 Å². The smallest absolute Gasteiger partial charge is 0.142 e. The highest BCUT2D eigenvalue weighted by atomic mass is 35.5. The monoisotopic (exact) mass is 280 g/mol. The van der Waals surface area contributed by atoms with Crippen molar-refractivity contribution in [1.82, 2.24) is 4.98 Å². The maximum absolute atomic E-state index is 13.0. The zero-order valence-corrected chi connectivity index (χ0v) is 11.2. The lowest BCUT2D eigenvalue weighted by Crippen LogP contribution is -2.06. The van der Waals surface area contributed by atoms with Crippen LogP contribution in [0.3, 0.4) is 0 Å².